The second kappa shape index (κ2) is 5.35. The second-order valence-corrected chi connectivity index (χ2v) is 6.37. The van der Waals surface area contributed by atoms with E-state index in [1.165, 1.54) is 6.42 Å². The van der Waals surface area contributed by atoms with Crippen LogP contribution in [0.3, 0.4) is 0 Å². The topological polar surface area (TPSA) is 35.8 Å². The summed E-state index contributed by atoms with van der Waals surface area (Å²) in [5, 5.41) is 12.7. The van der Waals surface area contributed by atoms with E-state index in [1.54, 1.807) is 11.8 Å². The van der Waals surface area contributed by atoms with Gasteiger partial charge in [-0.1, -0.05) is 35.5 Å². The molecule has 0 aromatic heterocycles. The van der Waals surface area contributed by atoms with Gasteiger partial charge in [-0.05, 0) is 31.4 Å². The van der Waals surface area contributed by atoms with E-state index in [2.05, 4.69) is 9.89 Å². The molecular formula is C14H17ClN2OS. The minimum absolute atomic E-state index is 0.632. The van der Waals surface area contributed by atoms with Crippen molar-refractivity contribution in [2.75, 3.05) is 18.8 Å². The van der Waals surface area contributed by atoms with Crippen LogP contribution in [0.25, 0.3) is 0 Å². The molecule has 1 aromatic carbocycles. The Morgan fingerprint density at radius 2 is 2.00 bits per heavy atom. The lowest BCUT2D eigenvalue weighted by Gasteiger charge is -2.35. The lowest BCUT2D eigenvalue weighted by atomic mass is 10.0. The first kappa shape index (κ1) is 13.3. The number of hydrogen-bond acceptors (Lipinski definition) is 4. The van der Waals surface area contributed by atoms with Gasteiger partial charge in [0.2, 0.25) is 0 Å². The molecule has 1 aromatic rings. The summed E-state index contributed by atoms with van der Waals surface area (Å²) in [7, 11) is 0. The summed E-state index contributed by atoms with van der Waals surface area (Å²) in [6, 6.07) is 7.48. The predicted molar refractivity (Wildman–Crippen MR) is 80.7 cm³/mol. The van der Waals surface area contributed by atoms with Crippen LogP contribution >= 0.6 is 23.4 Å². The molecule has 0 saturated carbocycles. The Hall–Kier alpha value is -0.710. The Balaban J connectivity index is 1.94. The molecule has 0 spiro atoms. The molecule has 3 nitrogen and oxygen atoms in total. The zero-order chi connectivity index (χ0) is 13.3. The van der Waals surface area contributed by atoms with Gasteiger partial charge < -0.3 is 10.0 Å². The predicted octanol–water partition coefficient (Wildman–Crippen LogP) is 3.07. The van der Waals surface area contributed by atoms with E-state index in [0.717, 1.165) is 36.7 Å². The number of aliphatic hydroxyl groups is 1. The first-order valence-corrected chi connectivity index (χ1v) is 8.00. The van der Waals surface area contributed by atoms with Crippen molar-refractivity contribution in [1.29, 1.82) is 0 Å². The van der Waals surface area contributed by atoms with E-state index in [9.17, 15) is 5.11 Å². The van der Waals surface area contributed by atoms with E-state index in [-0.39, 0.29) is 0 Å². The molecule has 5 heteroatoms. The number of benzene rings is 1. The minimum atomic E-state index is -0.939. The molecule has 0 bridgehead atoms. The fraction of sp³-hybridized carbons (Fsp3) is 0.500. The maximum atomic E-state index is 11.0. The van der Waals surface area contributed by atoms with E-state index in [4.69, 9.17) is 11.6 Å². The van der Waals surface area contributed by atoms with E-state index in [0.29, 0.717) is 10.8 Å². The lowest BCUT2D eigenvalue weighted by molar-refractivity contribution is -0.0488. The van der Waals surface area contributed by atoms with Crippen molar-refractivity contribution in [3.8, 4) is 0 Å². The van der Waals surface area contributed by atoms with Gasteiger partial charge in [-0.25, -0.2) is 0 Å². The summed E-state index contributed by atoms with van der Waals surface area (Å²) >= 11 is 7.57. The molecule has 1 saturated heterocycles. The smallest absolute Gasteiger partial charge is 0.175 e. The Kier molecular flexibility index (Phi) is 3.74. The third-order valence-corrected chi connectivity index (χ3v) is 5.08. The SMILES string of the molecule is OC1(c2ccc(Cl)cc2)CSC2=NCCCCCN21. The molecular weight excluding hydrogens is 280 g/mol. The Bertz CT molecular complexity index is 491. The fourth-order valence-electron chi connectivity index (χ4n) is 2.58. The van der Waals surface area contributed by atoms with Crippen LogP contribution in [0, 0.1) is 0 Å². The highest BCUT2D eigenvalue weighted by atomic mass is 35.5. The molecule has 3 rings (SSSR count). The number of nitrogens with zero attached hydrogens (tertiary/aromatic N) is 2. The van der Waals surface area contributed by atoms with Crippen molar-refractivity contribution < 1.29 is 5.11 Å². The minimum Gasteiger partial charge on any atom is -0.366 e. The van der Waals surface area contributed by atoms with Gasteiger partial charge in [0, 0.05) is 23.7 Å². The van der Waals surface area contributed by atoms with Crippen molar-refractivity contribution in [3.63, 3.8) is 0 Å². The monoisotopic (exact) mass is 296 g/mol. The van der Waals surface area contributed by atoms with Crippen molar-refractivity contribution in [1.82, 2.24) is 4.90 Å². The van der Waals surface area contributed by atoms with Crippen LogP contribution in [0.2, 0.25) is 5.02 Å². The molecule has 1 fully saturated rings. The van der Waals surface area contributed by atoms with Gasteiger partial charge >= 0.3 is 0 Å². The highest BCUT2D eigenvalue weighted by Crippen LogP contribution is 2.40. The zero-order valence-corrected chi connectivity index (χ0v) is 12.3. The van der Waals surface area contributed by atoms with Gasteiger partial charge in [-0.15, -0.1) is 0 Å². The first-order valence-electron chi connectivity index (χ1n) is 6.63. The third kappa shape index (κ3) is 2.49. The molecule has 19 heavy (non-hydrogen) atoms. The van der Waals surface area contributed by atoms with E-state index < -0.39 is 5.72 Å². The summed E-state index contributed by atoms with van der Waals surface area (Å²) in [5.41, 5.74) is -0.0407. The van der Waals surface area contributed by atoms with Gasteiger partial charge in [0.25, 0.3) is 0 Å². The average molecular weight is 297 g/mol. The summed E-state index contributed by atoms with van der Waals surface area (Å²) < 4.78 is 0. The molecule has 2 heterocycles. The highest BCUT2D eigenvalue weighted by molar-refractivity contribution is 8.14. The Labute approximate surface area is 122 Å². The number of amidine groups is 1. The van der Waals surface area contributed by atoms with Crippen molar-refractivity contribution >= 4 is 28.5 Å². The number of rotatable bonds is 1. The molecule has 1 N–H and O–H groups in total. The standard InChI is InChI=1S/C14H17ClN2OS/c15-12-6-4-11(5-7-12)14(18)10-19-13-16-8-2-1-3-9-17(13)14/h4-7,18H,1-3,8-10H2. The number of hydrogen-bond donors (Lipinski definition) is 1. The van der Waals surface area contributed by atoms with Crippen LogP contribution in [0.4, 0.5) is 0 Å². The Morgan fingerprint density at radius 3 is 2.79 bits per heavy atom. The van der Waals surface area contributed by atoms with Crippen molar-refractivity contribution in [3.05, 3.63) is 34.9 Å². The third-order valence-electron chi connectivity index (χ3n) is 3.67. The maximum absolute atomic E-state index is 11.0. The summed E-state index contributed by atoms with van der Waals surface area (Å²) in [5.74, 6) is 0.632. The largest absolute Gasteiger partial charge is 0.366 e. The molecule has 0 amide bonds. The summed E-state index contributed by atoms with van der Waals surface area (Å²) in [6.07, 6.45) is 3.43. The van der Waals surface area contributed by atoms with Crippen LogP contribution in [-0.2, 0) is 5.72 Å². The lowest BCUT2D eigenvalue weighted by Crippen LogP contribution is -2.45. The highest BCUT2D eigenvalue weighted by Gasteiger charge is 2.44. The van der Waals surface area contributed by atoms with Crippen LogP contribution in [0.1, 0.15) is 24.8 Å². The summed E-state index contributed by atoms with van der Waals surface area (Å²) in [4.78, 5) is 6.66. The van der Waals surface area contributed by atoms with Crippen LogP contribution < -0.4 is 0 Å². The molecule has 2 aliphatic rings. The molecule has 0 aliphatic carbocycles. The van der Waals surface area contributed by atoms with Crippen LogP contribution in [-0.4, -0.2) is 34.0 Å². The van der Waals surface area contributed by atoms with E-state index >= 15 is 0 Å². The molecule has 1 unspecified atom stereocenters. The quantitative estimate of drug-likeness (QED) is 0.865. The maximum Gasteiger partial charge on any atom is 0.175 e. The van der Waals surface area contributed by atoms with E-state index in [1.807, 2.05) is 24.3 Å². The number of halogens is 1. The molecule has 102 valence electrons. The van der Waals surface area contributed by atoms with Crippen molar-refractivity contribution in [2.45, 2.75) is 25.0 Å². The van der Waals surface area contributed by atoms with Gasteiger partial charge in [-0.3, -0.25) is 4.99 Å². The van der Waals surface area contributed by atoms with Crippen LogP contribution in [0.15, 0.2) is 29.3 Å². The molecule has 2 aliphatic heterocycles. The second-order valence-electron chi connectivity index (χ2n) is 4.99. The number of aliphatic imine (C=N–C) groups is 1. The first-order chi connectivity index (χ1) is 9.20. The fourth-order valence-corrected chi connectivity index (χ4v) is 3.94. The average Bonchev–Trinajstić information content (AvgIpc) is 2.67. The molecule has 1 atom stereocenters. The zero-order valence-electron chi connectivity index (χ0n) is 10.7. The van der Waals surface area contributed by atoms with Gasteiger partial charge in [-0.2, -0.15) is 0 Å². The number of thioether (sulfide) groups is 1. The number of fused-ring (bicyclic) bond motifs is 1. The normalized spacial score (nSPS) is 27.5. The Morgan fingerprint density at radius 1 is 1.21 bits per heavy atom. The summed E-state index contributed by atoms with van der Waals surface area (Å²) in [6.45, 7) is 1.74. The van der Waals surface area contributed by atoms with Gasteiger partial charge in [0.05, 0.1) is 5.75 Å². The van der Waals surface area contributed by atoms with Gasteiger partial charge in [0.15, 0.2) is 10.9 Å². The van der Waals surface area contributed by atoms with Crippen LogP contribution in [0.5, 0.6) is 0 Å². The van der Waals surface area contributed by atoms with Crippen molar-refractivity contribution in [2.24, 2.45) is 4.99 Å². The van der Waals surface area contributed by atoms with Gasteiger partial charge in [0.1, 0.15) is 0 Å². The molecule has 0 radical (unpaired) electrons.